The minimum Gasteiger partial charge on any atom is -0.508 e. The third-order valence-corrected chi connectivity index (χ3v) is 11.7. The summed E-state index contributed by atoms with van der Waals surface area (Å²) in [6.45, 7) is 7.87. The number of anilines is 1. The van der Waals surface area contributed by atoms with Gasteiger partial charge in [-0.3, -0.25) is 4.79 Å². The Hall–Kier alpha value is -3.10. The maximum atomic E-state index is 15.0. The molecule has 1 saturated heterocycles. The predicted octanol–water partition coefficient (Wildman–Crippen LogP) is 7.45. The summed E-state index contributed by atoms with van der Waals surface area (Å²) in [4.78, 5) is 25.8. The summed E-state index contributed by atoms with van der Waals surface area (Å²) in [6.07, 6.45) is 1.66. The molecule has 38 heavy (non-hydrogen) atoms. The zero-order valence-electron chi connectivity index (χ0n) is 22.1. The molecule has 1 aliphatic rings. The van der Waals surface area contributed by atoms with Gasteiger partial charge in [-0.15, -0.1) is 0 Å². The molecule has 1 aliphatic heterocycles. The van der Waals surface area contributed by atoms with Gasteiger partial charge in [-0.2, -0.15) is 0 Å². The first-order valence-electron chi connectivity index (χ1n) is 12.8. The van der Waals surface area contributed by atoms with Gasteiger partial charge in [-0.05, 0) is 91.3 Å². The van der Waals surface area contributed by atoms with E-state index in [0.717, 1.165) is 11.6 Å². The Bertz CT molecular complexity index is 1290. The van der Waals surface area contributed by atoms with Crippen molar-refractivity contribution in [2.75, 3.05) is 4.90 Å². The van der Waals surface area contributed by atoms with E-state index in [2.05, 4.69) is 0 Å². The fourth-order valence-electron chi connectivity index (χ4n) is 5.20. The Balaban J connectivity index is 1.64. The average Bonchev–Trinajstić information content (AvgIpc) is 2.83. The summed E-state index contributed by atoms with van der Waals surface area (Å²) in [6, 6.07) is 15.1. The van der Waals surface area contributed by atoms with Gasteiger partial charge in [0.25, 0.3) is 0 Å². The van der Waals surface area contributed by atoms with Crippen molar-refractivity contribution in [2.24, 2.45) is 5.92 Å². The summed E-state index contributed by atoms with van der Waals surface area (Å²) in [5, 5.41) is 9.38. The molecule has 3 atom stereocenters. The molecule has 3 aromatic rings. The summed E-state index contributed by atoms with van der Waals surface area (Å²) >= 11 is 0. The number of carbonyl (C=O) groups is 1. The zero-order valence-corrected chi connectivity index (χ0v) is 23.1. The molecule has 0 radical (unpaired) electrons. The van der Waals surface area contributed by atoms with Crippen LogP contribution in [0.15, 0.2) is 66.7 Å². The molecule has 0 bridgehead atoms. The van der Waals surface area contributed by atoms with Gasteiger partial charge in [0.15, 0.2) is 8.32 Å². The number of hydrogen-bond acceptors (Lipinski definition) is 3. The van der Waals surface area contributed by atoms with Crippen molar-refractivity contribution in [3.8, 4) is 5.75 Å². The lowest BCUT2D eigenvalue weighted by molar-refractivity contribution is -0.130. The van der Waals surface area contributed by atoms with E-state index in [0.29, 0.717) is 24.9 Å². The highest BCUT2D eigenvalue weighted by atomic mass is 28.4. The molecule has 8 heteroatoms. The van der Waals surface area contributed by atoms with Gasteiger partial charge in [0.1, 0.15) is 23.2 Å². The van der Waals surface area contributed by atoms with E-state index in [9.17, 15) is 23.5 Å². The largest absolute Gasteiger partial charge is 0.508 e. The number of benzene rings is 3. The predicted molar refractivity (Wildman–Crippen MR) is 145 cm³/mol. The number of hydrogen-bond donors (Lipinski definition) is 2. The van der Waals surface area contributed by atoms with E-state index in [-0.39, 0.29) is 34.0 Å². The fraction of sp³-hybridized carbons (Fsp3) is 0.367. The maximum absolute atomic E-state index is 15.0. The minimum absolute atomic E-state index is 0.0532. The van der Waals surface area contributed by atoms with Crippen LogP contribution in [0.1, 0.15) is 56.2 Å². The van der Waals surface area contributed by atoms with Crippen molar-refractivity contribution < 1.29 is 27.9 Å². The second kappa shape index (κ2) is 10.6. The topological polar surface area (TPSA) is 60.8 Å². The van der Waals surface area contributed by atoms with E-state index in [4.69, 9.17) is 0 Å². The molecule has 0 spiro atoms. The molecular formula is C30H34F3NO3Si. The van der Waals surface area contributed by atoms with Gasteiger partial charge in [0.2, 0.25) is 5.91 Å². The van der Waals surface area contributed by atoms with Gasteiger partial charge in [0, 0.05) is 17.3 Å². The van der Waals surface area contributed by atoms with Crippen molar-refractivity contribution in [3.63, 3.8) is 0 Å². The molecule has 1 heterocycles. The van der Waals surface area contributed by atoms with Crippen LogP contribution >= 0.6 is 0 Å². The highest BCUT2D eigenvalue weighted by molar-refractivity contribution is 6.72. The van der Waals surface area contributed by atoms with E-state index < -0.39 is 31.9 Å². The number of β-lactam (4-membered cyclic amide) rings is 1. The zero-order chi connectivity index (χ0) is 27.8. The first-order chi connectivity index (χ1) is 17.8. The van der Waals surface area contributed by atoms with Crippen LogP contribution < -0.4 is 4.90 Å². The first kappa shape index (κ1) is 27.9. The number of phenols is 1. The van der Waals surface area contributed by atoms with Crippen molar-refractivity contribution in [1.29, 1.82) is 0 Å². The maximum Gasteiger partial charge on any atom is 0.233 e. The highest BCUT2D eigenvalue weighted by Gasteiger charge is 2.50. The van der Waals surface area contributed by atoms with Gasteiger partial charge in [-0.1, -0.05) is 32.0 Å². The summed E-state index contributed by atoms with van der Waals surface area (Å²) in [5.74, 6) is -2.39. The number of aromatic hydroxyl groups is 1. The van der Waals surface area contributed by atoms with E-state index >= 15 is 4.39 Å². The SMILES string of the molecule is CC(C)(C[C@@H](CCC1C(=O)N(c2ccc(F)cc2)C1c1ccc(O)cc1F)c1ccc(F)cc1)[Si](C)(C)O. The van der Waals surface area contributed by atoms with Crippen LogP contribution in [0.2, 0.25) is 18.1 Å². The van der Waals surface area contributed by atoms with Gasteiger partial charge in [-0.25, -0.2) is 13.2 Å². The molecule has 2 N–H and O–H groups in total. The third kappa shape index (κ3) is 5.66. The standard InChI is InChI=1S/C30H34F3NO3Si/c1-30(2,38(3,4)37)18-20(19-5-8-21(31)9-6-19)7-15-26-28(25-16-14-24(35)17-27(25)33)34(29(26)36)23-12-10-22(32)11-13-23/h5-6,8-14,16-17,20,26,28,35,37H,7,15,18H2,1-4H3/t20-,26?,28?/m1/s1. The lowest BCUT2D eigenvalue weighted by Crippen LogP contribution is -2.55. The molecule has 3 aromatic carbocycles. The summed E-state index contributed by atoms with van der Waals surface area (Å²) < 4.78 is 42.3. The van der Waals surface area contributed by atoms with Gasteiger partial charge >= 0.3 is 0 Å². The number of phenolic OH excluding ortho intramolecular Hbond substituents is 1. The Labute approximate surface area is 222 Å². The Morgan fingerprint density at radius 3 is 2.08 bits per heavy atom. The Morgan fingerprint density at radius 2 is 1.53 bits per heavy atom. The lowest BCUT2D eigenvalue weighted by atomic mass is 9.75. The van der Waals surface area contributed by atoms with Crippen LogP contribution in [0.5, 0.6) is 5.75 Å². The average molecular weight is 542 g/mol. The monoisotopic (exact) mass is 541 g/mol. The fourth-order valence-corrected chi connectivity index (χ4v) is 5.95. The molecule has 1 amide bonds. The normalized spacial score (nSPS) is 18.8. The quantitative estimate of drug-likeness (QED) is 0.219. The van der Waals surface area contributed by atoms with Crippen molar-refractivity contribution >= 4 is 19.9 Å². The van der Waals surface area contributed by atoms with Crippen LogP contribution in [0.4, 0.5) is 18.9 Å². The van der Waals surface area contributed by atoms with Crippen LogP contribution in [0.25, 0.3) is 0 Å². The van der Waals surface area contributed by atoms with Crippen LogP contribution in [0, 0.1) is 23.4 Å². The van der Waals surface area contributed by atoms with E-state index in [1.54, 1.807) is 12.1 Å². The van der Waals surface area contributed by atoms with Crippen LogP contribution in [-0.4, -0.2) is 24.1 Å². The first-order valence-corrected chi connectivity index (χ1v) is 15.8. The molecule has 0 aliphatic carbocycles. The van der Waals surface area contributed by atoms with E-state index in [1.165, 1.54) is 53.4 Å². The molecule has 1 fully saturated rings. The summed E-state index contributed by atoms with van der Waals surface area (Å²) in [5.41, 5.74) is 1.67. The number of amides is 1. The number of halogens is 3. The van der Waals surface area contributed by atoms with Gasteiger partial charge in [0.05, 0.1) is 12.0 Å². The third-order valence-electron chi connectivity index (χ3n) is 8.20. The highest BCUT2D eigenvalue weighted by Crippen LogP contribution is 2.50. The molecule has 2 unspecified atom stereocenters. The molecule has 4 rings (SSSR count). The van der Waals surface area contributed by atoms with Crippen molar-refractivity contribution in [2.45, 2.75) is 63.2 Å². The Kier molecular flexibility index (Phi) is 7.77. The second-order valence-corrected chi connectivity index (χ2v) is 15.9. The minimum atomic E-state index is -2.55. The van der Waals surface area contributed by atoms with E-state index in [1.807, 2.05) is 26.9 Å². The molecule has 202 valence electrons. The molecule has 0 saturated carbocycles. The van der Waals surface area contributed by atoms with Crippen LogP contribution in [0.3, 0.4) is 0 Å². The Morgan fingerprint density at radius 1 is 0.947 bits per heavy atom. The molecule has 0 aromatic heterocycles. The number of carbonyl (C=O) groups excluding carboxylic acids is 1. The summed E-state index contributed by atoms with van der Waals surface area (Å²) in [7, 11) is -2.55. The van der Waals surface area contributed by atoms with Crippen molar-refractivity contribution in [3.05, 3.63) is 95.3 Å². The second-order valence-electron chi connectivity index (χ2n) is 11.4. The van der Waals surface area contributed by atoms with Crippen molar-refractivity contribution in [1.82, 2.24) is 0 Å². The molecule has 4 nitrogen and oxygen atoms in total. The van der Waals surface area contributed by atoms with Gasteiger partial charge < -0.3 is 14.8 Å². The lowest BCUT2D eigenvalue weighted by Gasteiger charge is -2.48. The number of rotatable bonds is 9. The van der Waals surface area contributed by atoms with Crippen LogP contribution in [-0.2, 0) is 4.79 Å². The number of nitrogens with zero attached hydrogens (tertiary/aromatic N) is 1. The smallest absolute Gasteiger partial charge is 0.233 e. The molecular weight excluding hydrogens is 507 g/mol.